The lowest BCUT2D eigenvalue weighted by atomic mass is 10.7. The van der Waals surface area contributed by atoms with Gasteiger partial charge in [0.25, 0.3) is 0 Å². The predicted molar refractivity (Wildman–Crippen MR) is 34.3 cm³/mol. The standard InChI is InChI=1S/C2HF3O2.Cl2O2S/c3-2(4,5)1(6)7;1-5(2,3)4/h(H,6,7);. The van der Waals surface area contributed by atoms with E-state index >= 15 is 0 Å². The molecule has 0 amide bonds. The Morgan fingerprint density at radius 3 is 1.33 bits per heavy atom. The molecule has 0 heterocycles. The van der Waals surface area contributed by atoms with Gasteiger partial charge < -0.3 is 5.11 Å². The fourth-order valence-corrected chi connectivity index (χ4v) is 0. The molecule has 10 heteroatoms. The Kier molecular flexibility index (Phi) is 5.64. The molecular formula is C2HCl2F3O4S. The number of halogens is 5. The lowest BCUT2D eigenvalue weighted by molar-refractivity contribution is -0.192. The van der Waals surface area contributed by atoms with Crippen molar-refractivity contribution < 1.29 is 31.5 Å². The van der Waals surface area contributed by atoms with Crippen molar-refractivity contribution >= 4 is 35.6 Å². The first-order valence-electron chi connectivity index (χ1n) is 1.89. The molecule has 0 bridgehead atoms. The van der Waals surface area contributed by atoms with Crippen molar-refractivity contribution in [3.05, 3.63) is 0 Å². The Hall–Kier alpha value is -0.210. The molecule has 74 valence electrons. The molecule has 0 fully saturated rings. The summed E-state index contributed by atoms with van der Waals surface area (Å²) >= 11 is 0. The average Bonchev–Trinajstić information content (AvgIpc) is 1.55. The summed E-state index contributed by atoms with van der Waals surface area (Å²) in [6.07, 6.45) is -5.08. The van der Waals surface area contributed by atoms with Crippen molar-refractivity contribution in [2.75, 3.05) is 0 Å². The number of hydrogen-bond donors (Lipinski definition) is 1. The number of alkyl halides is 3. The van der Waals surface area contributed by atoms with E-state index in [-0.39, 0.29) is 0 Å². The van der Waals surface area contributed by atoms with Gasteiger partial charge in [0, 0.05) is 21.4 Å². The van der Waals surface area contributed by atoms with Gasteiger partial charge in [0.15, 0.2) is 0 Å². The molecule has 0 aliphatic rings. The van der Waals surface area contributed by atoms with Crippen molar-refractivity contribution in [1.82, 2.24) is 0 Å². The van der Waals surface area contributed by atoms with Crippen LogP contribution >= 0.6 is 21.4 Å². The molecule has 0 saturated carbocycles. The van der Waals surface area contributed by atoms with Crippen molar-refractivity contribution in [1.29, 1.82) is 0 Å². The van der Waals surface area contributed by atoms with Crippen molar-refractivity contribution in [3.63, 3.8) is 0 Å². The molecule has 0 aliphatic carbocycles. The summed E-state index contributed by atoms with van der Waals surface area (Å²) in [6, 6.07) is 0. The van der Waals surface area contributed by atoms with Crippen molar-refractivity contribution in [2.45, 2.75) is 6.18 Å². The predicted octanol–water partition coefficient (Wildman–Crippen LogP) is 1.34. The van der Waals surface area contributed by atoms with E-state index in [1.165, 1.54) is 0 Å². The third kappa shape index (κ3) is 22.6. The summed E-state index contributed by atoms with van der Waals surface area (Å²) in [7, 11) is 4.81. The lowest BCUT2D eigenvalue weighted by Gasteiger charge is -1.93. The van der Waals surface area contributed by atoms with Crippen LogP contribution < -0.4 is 0 Å². The molecule has 12 heavy (non-hydrogen) atoms. The SMILES string of the molecule is O=C(O)C(F)(F)F.O=S(=O)(Cl)Cl. The van der Waals surface area contributed by atoms with E-state index in [0.29, 0.717) is 0 Å². The van der Waals surface area contributed by atoms with Crippen molar-refractivity contribution in [3.8, 4) is 0 Å². The Bertz CT molecular complexity index is 236. The van der Waals surface area contributed by atoms with Crippen LogP contribution in [-0.2, 0) is 13.1 Å². The number of carboxylic acid groups (broad SMARTS) is 1. The van der Waals surface area contributed by atoms with Crippen LogP contribution in [0.25, 0.3) is 0 Å². The van der Waals surface area contributed by atoms with Crippen molar-refractivity contribution in [2.24, 2.45) is 0 Å². The first-order chi connectivity index (χ1) is 4.94. The summed E-state index contributed by atoms with van der Waals surface area (Å²) in [4.78, 5) is 8.90. The minimum absolute atomic E-state index is 2.76. The fourth-order valence-electron chi connectivity index (χ4n) is 0. The molecule has 4 nitrogen and oxygen atoms in total. The van der Waals surface area contributed by atoms with E-state index in [1.807, 2.05) is 0 Å². The lowest BCUT2D eigenvalue weighted by Crippen LogP contribution is -2.21. The summed E-state index contributed by atoms with van der Waals surface area (Å²) < 4.78 is 50.1. The smallest absolute Gasteiger partial charge is 0.475 e. The Morgan fingerprint density at radius 2 is 1.33 bits per heavy atom. The van der Waals surface area contributed by atoms with Crippen LogP contribution in [0.4, 0.5) is 13.2 Å². The van der Waals surface area contributed by atoms with Gasteiger partial charge in [-0.1, -0.05) is 0 Å². The first kappa shape index (κ1) is 14.3. The van der Waals surface area contributed by atoms with Crippen LogP contribution in [-0.4, -0.2) is 25.7 Å². The van der Waals surface area contributed by atoms with Gasteiger partial charge in [-0.3, -0.25) is 0 Å². The zero-order valence-electron chi connectivity index (χ0n) is 4.97. The molecule has 0 unspecified atom stereocenters. The molecular weight excluding hydrogens is 248 g/mol. The quantitative estimate of drug-likeness (QED) is 0.657. The van der Waals surface area contributed by atoms with Crippen LogP contribution in [0.5, 0.6) is 0 Å². The molecule has 0 aromatic rings. The van der Waals surface area contributed by atoms with E-state index in [4.69, 9.17) is 18.3 Å². The third-order valence-corrected chi connectivity index (χ3v) is 0.243. The van der Waals surface area contributed by atoms with Gasteiger partial charge in [0.1, 0.15) is 0 Å². The summed E-state index contributed by atoms with van der Waals surface area (Å²) in [5.74, 6) is -2.76. The highest BCUT2D eigenvalue weighted by Crippen LogP contribution is 2.13. The van der Waals surface area contributed by atoms with E-state index in [2.05, 4.69) is 21.4 Å². The number of rotatable bonds is 0. The average molecular weight is 249 g/mol. The monoisotopic (exact) mass is 248 g/mol. The first-order valence-corrected chi connectivity index (χ1v) is 5.02. The molecule has 1 N–H and O–H groups in total. The molecule has 0 atom stereocenters. The maximum Gasteiger partial charge on any atom is 0.490 e. The molecule has 0 saturated heterocycles. The Morgan fingerprint density at radius 1 is 1.25 bits per heavy atom. The van der Waals surface area contributed by atoms with Gasteiger partial charge in [-0.05, 0) is 0 Å². The Labute approximate surface area is 73.8 Å². The van der Waals surface area contributed by atoms with Crippen LogP contribution in [0, 0.1) is 0 Å². The van der Waals surface area contributed by atoms with E-state index < -0.39 is 20.4 Å². The van der Waals surface area contributed by atoms with Crippen LogP contribution in [0.1, 0.15) is 0 Å². The van der Waals surface area contributed by atoms with Gasteiger partial charge in [-0.2, -0.15) is 21.6 Å². The summed E-state index contributed by atoms with van der Waals surface area (Å²) in [6.45, 7) is 0. The largest absolute Gasteiger partial charge is 0.490 e. The maximum absolute atomic E-state index is 10.6. The van der Waals surface area contributed by atoms with Gasteiger partial charge in [-0.15, -0.1) is 0 Å². The third-order valence-electron chi connectivity index (χ3n) is 0.243. The number of hydrogen-bond acceptors (Lipinski definition) is 3. The minimum Gasteiger partial charge on any atom is -0.475 e. The van der Waals surface area contributed by atoms with Gasteiger partial charge in [0.2, 0.25) is 0 Å². The van der Waals surface area contributed by atoms with E-state index in [0.717, 1.165) is 0 Å². The zero-order chi connectivity index (χ0) is 10.6. The normalized spacial score (nSPS) is 11.4. The topological polar surface area (TPSA) is 71.4 Å². The second-order valence-electron chi connectivity index (χ2n) is 1.18. The highest BCUT2D eigenvalue weighted by Gasteiger charge is 2.38. The molecule has 0 aromatic heterocycles. The van der Waals surface area contributed by atoms with Crippen LogP contribution in [0.3, 0.4) is 0 Å². The van der Waals surface area contributed by atoms with Crippen LogP contribution in [0.2, 0.25) is 0 Å². The van der Waals surface area contributed by atoms with Crippen LogP contribution in [0.15, 0.2) is 0 Å². The highest BCUT2D eigenvalue weighted by molar-refractivity contribution is 8.31. The summed E-state index contributed by atoms with van der Waals surface area (Å²) in [5, 5.41) is 7.12. The number of carboxylic acids is 1. The van der Waals surface area contributed by atoms with E-state index in [9.17, 15) is 13.2 Å². The molecule has 0 rings (SSSR count). The van der Waals surface area contributed by atoms with E-state index in [1.54, 1.807) is 0 Å². The fraction of sp³-hybridized carbons (Fsp3) is 0.500. The highest BCUT2D eigenvalue weighted by atomic mass is 36.0. The summed E-state index contributed by atoms with van der Waals surface area (Å²) in [5.41, 5.74) is 0. The molecule has 0 spiro atoms. The molecule has 0 aromatic carbocycles. The van der Waals surface area contributed by atoms with Gasteiger partial charge >= 0.3 is 20.4 Å². The Balaban J connectivity index is 0. The van der Waals surface area contributed by atoms with Gasteiger partial charge in [0.05, 0.1) is 0 Å². The number of carbonyl (C=O) groups is 1. The zero-order valence-corrected chi connectivity index (χ0v) is 7.30. The molecule has 0 aliphatic heterocycles. The number of aliphatic carboxylic acids is 1. The minimum atomic E-state index is -5.08. The maximum atomic E-state index is 10.6. The van der Waals surface area contributed by atoms with Gasteiger partial charge in [-0.25, -0.2) is 4.79 Å². The molecule has 0 radical (unpaired) electrons. The second-order valence-corrected chi connectivity index (χ2v) is 4.85. The second kappa shape index (κ2) is 4.73.